The van der Waals surface area contributed by atoms with Gasteiger partial charge in [0.25, 0.3) is 5.91 Å². The molecule has 3 N–H and O–H groups in total. The summed E-state index contributed by atoms with van der Waals surface area (Å²) in [7, 11) is 0. The first-order chi connectivity index (χ1) is 10.2. The average molecular weight is 290 g/mol. The summed E-state index contributed by atoms with van der Waals surface area (Å²) in [6, 6.07) is 6.23. The Bertz CT molecular complexity index is 496. The van der Waals surface area contributed by atoms with Crippen LogP contribution in [0.5, 0.6) is 5.75 Å². The molecule has 0 atom stereocenters. The SMILES string of the molecule is O=C(NCCCNC(=O)C1CCCC1)c1cccc(O)c1. The summed E-state index contributed by atoms with van der Waals surface area (Å²) in [6.07, 6.45) is 5.00. The van der Waals surface area contributed by atoms with Crippen LogP contribution in [0.2, 0.25) is 0 Å². The molecular weight excluding hydrogens is 268 g/mol. The smallest absolute Gasteiger partial charge is 0.251 e. The molecule has 1 aliphatic carbocycles. The third kappa shape index (κ3) is 4.77. The predicted molar refractivity (Wildman–Crippen MR) is 80.0 cm³/mol. The van der Waals surface area contributed by atoms with E-state index in [1.807, 2.05) is 0 Å². The van der Waals surface area contributed by atoms with Crippen molar-refractivity contribution in [3.05, 3.63) is 29.8 Å². The number of carbonyl (C=O) groups is 2. The van der Waals surface area contributed by atoms with E-state index in [4.69, 9.17) is 0 Å². The third-order valence-electron chi connectivity index (χ3n) is 3.77. The molecule has 1 fully saturated rings. The van der Waals surface area contributed by atoms with Gasteiger partial charge in [-0.3, -0.25) is 9.59 Å². The van der Waals surface area contributed by atoms with Crippen molar-refractivity contribution in [1.29, 1.82) is 0 Å². The summed E-state index contributed by atoms with van der Waals surface area (Å²) < 4.78 is 0. The van der Waals surface area contributed by atoms with Gasteiger partial charge in [0.15, 0.2) is 0 Å². The van der Waals surface area contributed by atoms with Gasteiger partial charge >= 0.3 is 0 Å². The molecule has 0 aromatic heterocycles. The summed E-state index contributed by atoms with van der Waals surface area (Å²) >= 11 is 0. The van der Waals surface area contributed by atoms with Gasteiger partial charge in [0, 0.05) is 24.6 Å². The van der Waals surface area contributed by atoms with E-state index < -0.39 is 0 Å². The lowest BCUT2D eigenvalue weighted by atomic mass is 10.1. The standard InChI is InChI=1S/C16H22N2O3/c19-14-8-3-7-13(11-14)16(21)18-10-4-9-17-15(20)12-5-1-2-6-12/h3,7-8,11-12,19H,1-2,4-6,9-10H2,(H,17,20)(H,18,21). The van der Waals surface area contributed by atoms with Gasteiger partial charge in [0.05, 0.1) is 0 Å². The fourth-order valence-corrected chi connectivity index (χ4v) is 2.58. The Labute approximate surface area is 124 Å². The fraction of sp³-hybridized carbons (Fsp3) is 0.500. The number of phenols is 1. The molecule has 1 aromatic carbocycles. The number of hydrogen-bond donors (Lipinski definition) is 3. The molecule has 1 aliphatic rings. The zero-order valence-electron chi connectivity index (χ0n) is 12.1. The van der Waals surface area contributed by atoms with Gasteiger partial charge in [-0.15, -0.1) is 0 Å². The number of benzene rings is 1. The Kier molecular flexibility index (Phi) is 5.60. The predicted octanol–water partition coefficient (Wildman–Crippen LogP) is 1.82. The molecular formula is C16H22N2O3. The monoisotopic (exact) mass is 290 g/mol. The van der Waals surface area contributed by atoms with Gasteiger partial charge in [-0.2, -0.15) is 0 Å². The molecule has 0 aliphatic heterocycles. The molecule has 0 bridgehead atoms. The number of phenolic OH excluding ortho intramolecular Hbond substituents is 1. The first-order valence-electron chi connectivity index (χ1n) is 7.52. The van der Waals surface area contributed by atoms with Gasteiger partial charge in [-0.05, 0) is 37.5 Å². The molecule has 0 unspecified atom stereocenters. The zero-order valence-corrected chi connectivity index (χ0v) is 12.1. The minimum absolute atomic E-state index is 0.0754. The lowest BCUT2D eigenvalue weighted by Crippen LogP contribution is -2.32. The lowest BCUT2D eigenvalue weighted by molar-refractivity contribution is -0.124. The van der Waals surface area contributed by atoms with Crippen molar-refractivity contribution in [2.75, 3.05) is 13.1 Å². The van der Waals surface area contributed by atoms with Crippen LogP contribution in [-0.2, 0) is 4.79 Å². The summed E-state index contributed by atoms with van der Waals surface area (Å²) in [4.78, 5) is 23.6. The van der Waals surface area contributed by atoms with Crippen LogP contribution in [0.1, 0.15) is 42.5 Å². The second-order valence-corrected chi connectivity index (χ2v) is 5.43. The van der Waals surface area contributed by atoms with Crippen LogP contribution < -0.4 is 10.6 Å². The molecule has 5 heteroatoms. The summed E-state index contributed by atoms with van der Waals surface area (Å²) in [5.41, 5.74) is 0.435. The third-order valence-corrected chi connectivity index (χ3v) is 3.77. The quantitative estimate of drug-likeness (QED) is 0.699. The van der Waals surface area contributed by atoms with Crippen molar-refractivity contribution in [3.8, 4) is 5.75 Å². The van der Waals surface area contributed by atoms with Gasteiger partial charge in [0.1, 0.15) is 5.75 Å². The zero-order chi connectivity index (χ0) is 15.1. The number of aromatic hydroxyl groups is 1. The minimum Gasteiger partial charge on any atom is -0.508 e. The largest absolute Gasteiger partial charge is 0.508 e. The van der Waals surface area contributed by atoms with Crippen LogP contribution >= 0.6 is 0 Å². The first kappa shape index (κ1) is 15.4. The van der Waals surface area contributed by atoms with E-state index in [0.717, 1.165) is 25.7 Å². The molecule has 0 saturated heterocycles. The average Bonchev–Trinajstić information content (AvgIpc) is 3.00. The lowest BCUT2D eigenvalue weighted by Gasteiger charge is -2.10. The van der Waals surface area contributed by atoms with Crippen molar-refractivity contribution < 1.29 is 14.7 Å². The summed E-state index contributed by atoms with van der Waals surface area (Å²) in [5.74, 6) is 0.193. The van der Waals surface area contributed by atoms with Gasteiger partial charge < -0.3 is 15.7 Å². The van der Waals surface area contributed by atoms with E-state index in [2.05, 4.69) is 10.6 Å². The van der Waals surface area contributed by atoms with E-state index >= 15 is 0 Å². The van der Waals surface area contributed by atoms with Crippen LogP contribution in [-0.4, -0.2) is 30.0 Å². The van der Waals surface area contributed by atoms with Crippen LogP contribution in [0.4, 0.5) is 0 Å². The summed E-state index contributed by atoms with van der Waals surface area (Å²) in [5, 5.41) is 15.0. The molecule has 114 valence electrons. The number of hydrogen-bond acceptors (Lipinski definition) is 3. The molecule has 0 radical (unpaired) electrons. The second-order valence-electron chi connectivity index (χ2n) is 5.43. The Morgan fingerprint density at radius 1 is 1.14 bits per heavy atom. The number of amides is 2. The van der Waals surface area contributed by atoms with Crippen LogP contribution in [0.25, 0.3) is 0 Å². The van der Waals surface area contributed by atoms with Crippen molar-refractivity contribution >= 4 is 11.8 Å². The molecule has 1 aromatic rings. The van der Waals surface area contributed by atoms with Crippen LogP contribution in [0.3, 0.4) is 0 Å². The van der Waals surface area contributed by atoms with Gasteiger partial charge in [-0.1, -0.05) is 18.9 Å². The Morgan fingerprint density at radius 3 is 2.57 bits per heavy atom. The Balaban J connectivity index is 1.61. The maximum absolute atomic E-state index is 11.8. The Morgan fingerprint density at radius 2 is 1.86 bits per heavy atom. The topological polar surface area (TPSA) is 78.4 Å². The highest BCUT2D eigenvalue weighted by Crippen LogP contribution is 2.24. The van der Waals surface area contributed by atoms with E-state index in [0.29, 0.717) is 25.1 Å². The highest BCUT2D eigenvalue weighted by Gasteiger charge is 2.21. The highest BCUT2D eigenvalue weighted by atomic mass is 16.3. The molecule has 0 spiro atoms. The number of nitrogens with one attached hydrogen (secondary N) is 2. The molecule has 0 heterocycles. The molecule has 2 amide bonds. The normalized spacial score (nSPS) is 14.9. The van der Waals surface area contributed by atoms with Crippen molar-refractivity contribution in [1.82, 2.24) is 10.6 Å². The second kappa shape index (κ2) is 7.67. The van der Waals surface area contributed by atoms with Crippen molar-refractivity contribution in [3.63, 3.8) is 0 Å². The van der Waals surface area contributed by atoms with E-state index in [1.54, 1.807) is 12.1 Å². The fourth-order valence-electron chi connectivity index (χ4n) is 2.58. The number of rotatable bonds is 6. The van der Waals surface area contributed by atoms with E-state index in [-0.39, 0.29) is 23.5 Å². The van der Waals surface area contributed by atoms with E-state index in [9.17, 15) is 14.7 Å². The highest BCUT2D eigenvalue weighted by molar-refractivity contribution is 5.94. The molecule has 1 saturated carbocycles. The summed E-state index contributed by atoms with van der Waals surface area (Å²) in [6.45, 7) is 1.08. The number of carbonyl (C=O) groups excluding carboxylic acids is 2. The van der Waals surface area contributed by atoms with Gasteiger partial charge in [0.2, 0.25) is 5.91 Å². The minimum atomic E-state index is -0.215. The maximum Gasteiger partial charge on any atom is 0.251 e. The molecule has 5 nitrogen and oxygen atoms in total. The van der Waals surface area contributed by atoms with Crippen molar-refractivity contribution in [2.24, 2.45) is 5.92 Å². The first-order valence-corrected chi connectivity index (χ1v) is 7.52. The van der Waals surface area contributed by atoms with Crippen molar-refractivity contribution in [2.45, 2.75) is 32.1 Å². The van der Waals surface area contributed by atoms with Gasteiger partial charge in [-0.25, -0.2) is 0 Å². The van der Waals surface area contributed by atoms with Crippen LogP contribution in [0.15, 0.2) is 24.3 Å². The maximum atomic E-state index is 11.8. The van der Waals surface area contributed by atoms with E-state index in [1.165, 1.54) is 12.1 Å². The Hall–Kier alpha value is -2.04. The van der Waals surface area contributed by atoms with Crippen LogP contribution in [0, 0.1) is 5.92 Å². The molecule has 2 rings (SSSR count). The molecule has 21 heavy (non-hydrogen) atoms.